The smallest absolute Gasteiger partial charge is 0.281 e. The van der Waals surface area contributed by atoms with Crippen LogP contribution in [0.15, 0.2) is 24.3 Å². The number of ether oxygens (including phenoxy) is 1. The topological polar surface area (TPSA) is 53.1 Å². The first-order chi connectivity index (χ1) is 10.9. The van der Waals surface area contributed by atoms with Crippen LogP contribution in [0.25, 0.3) is 0 Å². The fourth-order valence-corrected chi connectivity index (χ4v) is 4.30. The lowest BCUT2D eigenvalue weighted by molar-refractivity contribution is 0.168. The van der Waals surface area contributed by atoms with Crippen molar-refractivity contribution in [2.75, 3.05) is 44.7 Å². The maximum Gasteiger partial charge on any atom is 0.281 e. The van der Waals surface area contributed by atoms with Gasteiger partial charge in [-0.1, -0.05) is 26.0 Å². The lowest BCUT2D eigenvalue weighted by Crippen LogP contribution is -2.50. The minimum atomic E-state index is -3.43. The first kappa shape index (κ1) is 18.0. The molecule has 1 aliphatic rings. The molecular weight excluding hydrogens is 314 g/mol. The van der Waals surface area contributed by atoms with Crippen molar-refractivity contribution in [1.82, 2.24) is 8.61 Å². The van der Waals surface area contributed by atoms with Crippen LogP contribution in [0.3, 0.4) is 0 Å². The van der Waals surface area contributed by atoms with Gasteiger partial charge in [0.25, 0.3) is 10.2 Å². The molecule has 130 valence electrons. The van der Waals surface area contributed by atoms with E-state index in [2.05, 4.69) is 11.8 Å². The molecule has 0 spiro atoms. The van der Waals surface area contributed by atoms with E-state index in [0.29, 0.717) is 26.2 Å². The van der Waals surface area contributed by atoms with Crippen molar-refractivity contribution in [3.63, 3.8) is 0 Å². The van der Waals surface area contributed by atoms with Crippen LogP contribution in [0, 0.1) is 0 Å². The van der Waals surface area contributed by atoms with Gasteiger partial charge in [0.2, 0.25) is 0 Å². The summed E-state index contributed by atoms with van der Waals surface area (Å²) in [6, 6.07) is 7.89. The Morgan fingerprint density at radius 2 is 1.87 bits per heavy atom. The van der Waals surface area contributed by atoms with Crippen molar-refractivity contribution in [3.8, 4) is 5.75 Å². The van der Waals surface area contributed by atoms with Crippen molar-refractivity contribution in [2.45, 2.75) is 26.9 Å². The van der Waals surface area contributed by atoms with E-state index in [0.717, 1.165) is 18.0 Å². The third-order valence-corrected chi connectivity index (χ3v) is 6.30. The Morgan fingerprint density at radius 3 is 2.48 bits per heavy atom. The summed E-state index contributed by atoms with van der Waals surface area (Å²) in [6.45, 7) is 8.62. The standard InChI is InChI=1S/C16H27N3O3S/c1-5-18-13-14(22-16-11-9-8-10-15(16)18)12-17(4)23(20,21)19(6-2)7-3/h8-11,14H,5-7,12-13H2,1-4H3/t14-/m0/s1. The van der Waals surface area contributed by atoms with Crippen LogP contribution in [0.2, 0.25) is 0 Å². The van der Waals surface area contributed by atoms with E-state index in [9.17, 15) is 8.42 Å². The molecule has 1 atom stereocenters. The number of fused-ring (bicyclic) bond motifs is 1. The van der Waals surface area contributed by atoms with Crippen molar-refractivity contribution in [1.29, 1.82) is 0 Å². The second-order valence-electron chi connectivity index (χ2n) is 5.62. The third-order valence-electron chi connectivity index (χ3n) is 4.19. The number of benzene rings is 1. The molecule has 0 saturated carbocycles. The van der Waals surface area contributed by atoms with E-state index in [4.69, 9.17) is 4.74 Å². The molecule has 0 bridgehead atoms. The number of anilines is 1. The molecule has 0 aromatic heterocycles. The largest absolute Gasteiger partial charge is 0.485 e. The van der Waals surface area contributed by atoms with Gasteiger partial charge >= 0.3 is 0 Å². The highest BCUT2D eigenvalue weighted by Crippen LogP contribution is 2.33. The summed E-state index contributed by atoms with van der Waals surface area (Å²) in [7, 11) is -1.82. The van der Waals surface area contributed by atoms with Crippen molar-refractivity contribution < 1.29 is 13.2 Å². The molecule has 1 aromatic carbocycles. The molecule has 1 aromatic rings. The van der Waals surface area contributed by atoms with Crippen LogP contribution in [-0.4, -0.2) is 62.9 Å². The van der Waals surface area contributed by atoms with Crippen LogP contribution >= 0.6 is 0 Å². The fraction of sp³-hybridized carbons (Fsp3) is 0.625. The highest BCUT2D eigenvalue weighted by atomic mass is 32.2. The Kier molecular flexibility index (Phi) is 5.89. The monoisotopic (exact) mass is 341 g/mol. The second-order valence-corrected chi connectivity index (χ2v) is 7.65. The van der Waals surface area contributed by atoms with Gasteiger partial charge in [0.05, 0.1) is 18.8 Å². The summed E-state index contributed by atoms with van der Waals surface area (Å²) in [4.78, 5) is 2.22. The van der Waals surface area contributed by atoms with E-state index < -0.39 is 10.2 Å². The maximum absolute atomic E-state index is 12.5. The Hall–Kier alpha value is -1.31. The summed E-state index contributed by atoms with van der Waals surface area (Å²) in [5, 5.41) is 0. The SMILES string of the molecule is CCN1C[C@H](CN(C)S(=O)(=O)N(CC)CC)Oc2ccccc21. The minimum Gasteiger partial charge on any atom is -0.485 e. The van der Waals surface area contributed by atoms with Gasteiger partial charge in [0.1, 0.15) is 11.9 Å². The van der Waals surface area contributed by atoms with Gasteiger partial charge in [-0.2, -0.15) is 17.0 Å². The van der Waals surface area contributed by atoms with Crippen LogP contribution in [0.4, 0.5) is 5.69 Å². The van der Waals surface area contributed by atoms with Gasteiger partial charge in [-0.05, 0) is 19.1 Å². The lowest BCUT2D eigenvalue weighted by Gasteiger charge is -2.37. The summed E-state index contributed by atoms with van der Waals surface area (Å²) >= 11 is 0. The molecule has 0 amide bonds. The lowest BCUT2D eigenvalue weighted by atomic mass is 10.2. The molecule has 23 heavy (non-hydrogen) atoms. The Balaban J connectivity index is 2.12. The van der Waals surface area contributed by atoms with Crippen molar-refractivity contribution in [3.05, 3.63) is 24.3 Å². The number of para-hydroxylation sites is 2. The number of hydrogen-bond acceptors (Lipinski definition) is 4. The molecule has 1 aliphatic heterocycles. The van der Waals surface area contributed by atoms with Gasteiger partial charge in [-0.25, -0.2) is 0 Å². The average molecular weight is 341 g/mol. The molecule has 7 heteroatoms. The van der Waals surface area contributed by atoms with Crippen molar-refractivity contribution >= 4 is 15.9 Å². The van der Waals surface area contributed by atoms with E-state index in [1.165, 1.54) is 8.61 Å². The second kappa shape index (κ2) is 7.51. The van der Waals surface area contributed by atoms with Gasteiger partial charge in [0, 0.05) is 26.7 Å². The van der Waals surface area contributed by atoms with E-state index in [-0.39, 0.29) is 6.10 Å². The molecule has 6 nitrogen and oxygen atoms in total. The number of hydrogen-bond donors (Lipinski definition) is 0. The molecule has 0 saturated heterocycles. The number of rotatable bonds is 7. The van der Waals surface area contributed by atoms with Gasteiger partial charge in [-0.3, -0.25) is 0 Å². The molecule has 0 unspecified atom stereocenters. The molecule has 0 aliphatic carbocycles. The zero-order chi connectivity index (χ0) is 17.0. The van der Waals surface area contributed by atoms with Gasteiger partial charge in [-0.15, -0.1) is 0 Å². The van der Waals surface area contributed by atoms with Gasteiger partial charge in [0.15, 0.2) is 0 Å². The third kappa shape index (κ3) is 3.79. The average Bonchev–Trinajstić information content (AvgIpc) is 2.54. The fourth-order valence-electron chi connectivity index (χ4n) is 2.90. The number of likely N-dealkylation sites (N-methyl/N-ethyl adjacent to an activating group) is 2. The van der Waals surface area contributed by atoms with E-state index in [1.54, 1.807) is 7.05 Å². The molecule has 0 fully saturated rings. The normalized spacial score (nSPS) is 18.2. The molecule has 1 heterocycles. The van der Waals surface area contributed by atoms with Crippen LogP contribution < -0.4 is 9.64 Å². The molecule has 0 radical (unpaired) electrons. The Labute approximate surface area is 139 Å². The van der Waals surface area contributed by atoms with E-state index in [1.807, 2.05) is 38.1 Å². The number of nitrogens with zero attached hydrogens (tertiary/aromatic N) is 3. The van der Waals surface area contributed by atoms with Crippen LogP contribution in [0.5, 0.6) is 5.75 Å². The Morgan fingerprint density at radius 1 is 1.22 bits per heavy atom. The summed E-state index contributed by atoms with van der Waals surface area (Å²) < 4.78 is 34.0. The first-order valence-corrected chi connectivity index (χ1v) is 9.55. The summed E-state index contributed by atoms with van der Waals surface area (Å²) in [6.07, 6.45) is -0.180. The van der Waals surface area contributed by atoms with Crippen molar-refractivity contribution in [2.24, 2.45) is 0 Å². The van der Waals surface area contributed by atoms with E-state index >= 15 is 0 Å². The minimum absolute atomic E-state index is 0.180. The highest BCUT2D eigenvalue weighted by molar-refractivity contribution is 7.86. The zero-order valence-electron chi connectivity index (χ0n) is 14.4. The van der Waals surface area contributed by atoms with Crippen LogP contribution in [-0.2, 0) is 10.2 Å². The summed E-state index contributed by atoms with van der Waals surface area (Å²) in [5.74, 6) is 0.819. The predicted molar refractivity (Wildman–Crippen MR) is 93.2 cm³/mol. The first-order valence-electron chi connectivity index (χ1n) is 8.16. The quantitative estimate of drug-likeness (QED) is 0.759. The maximum atomic E-state index is 12.5. The molecular formula is C16H27N3O3S. The summed E-state index contributed by atoms with van der Waals surface area (Å²) in [5.41, 5.74) is 1.07. The molecule has 0 N–H and O–H groups in total. The predicted octanol–water partition coefficient (Wildman–Crippen LogP) is 1.79. The van der Waals surface area contributed by atoms with Gasteiger partial charge < -0.3 is 9.64 Å². The highest BCUT2D eigenvalue weighted by Gasteiger charge is 2.31. The zero-order valence-corrected chi connectivity index (χ0v) is 15.2. The Bertz CT molecular complexity index is 617. The molecule has 2 rings (SSSR count). The van der Waals surface area contributed by atoms with Crippen LogP contribution in [0.1, 0.15) is 20.8 Å².